The van der Waals surface area contributed by atoms with E-state index in [0.717, 1.165) is 30.0 Å². The molecule has 0 bridgehead atoms. The molecule has 0 saturated heterocycles. The van der Waals surface area contributed by atoms with Crippen LogP contribution in [0, 0.1) is 5.92 Å². The van der Waals surface area contributed by atoms with Gasteiger partial charge < -0.3 is 4.74 Å². The largest absolute Gasteiger partial charge is 0.497 e. The zero-order valence-electron chi connectivity index (χ0n) is 16.0. The number of ketones is 1. The molecular formula is C23H24N2O2. The van der Waals surface area contributed by atoms with Crippen LogP contribution in [0.3, 0.4) is 0 Å². The number of benzene rings is 2. The van der Waals surface area contributed by atoms with E-state index in [0.29, 0.717) is 5.92 Å². The lowest BCUT2D eigenvalue weighted by atomic mass is 9.77. The fraction of sp³-hybridized carbons (Fsp3) is 0.304. The third-order valence-corrected chi connectivity index (χ3v) is 5.44. The highest BCUT2D eigenvalue weighted by atomic mass is 16.5. The third kappa shape index (κ3) is 3.16. The number of carbonyl (C=O) groups is 1. The minimum Gasteiger partial charge on any atom is -0.497 e. The summed E-state index contributed by atoms with van der Waals surface area (Å²) in [6.07, 6.45) is 3.71. The zero-order chi connectivity index (χ0) is 19.0. The predicted molar refractivity (Wildman–Crippen MR) is 107 cm³/mol. The smallest absolute Gasteiger partial charge is 0.154 e. The molecule has 2 aliphatic rings. The summed E-state index contributed by atoms with van der Waals surface area (Å²) in [4.78, 5) is 11.7. The van der Waals surface area contributed by atoms with Crippen molar-refractivity contribution < 1.29 is 9.53 Å². The Bertz CT molecular complexity index is 931. The number of hydrogen-bond acceptors (Lipinski definition) is 4. The lowest BCUT2D eigenvalue weighted by Gasteiger charge is -2.31. The first-order chi connectivity index (χ1) is 13.1. The van der Waals surface area contributed by atoms with Crippen molar-refractivity contribution in [2.45, 2.75) is 32.7 Å². The van der Waals surface area contributed by atoms with E-state index in [1.54, 1.807) is 20.1 Å². The Balaban J connectivity index is 1.81. The van der Waals surface area contributed by atoms with E-state index in [-0.39, 0.29) is 11.8 Å². The normalized spacial score (nSPS) is 21.4. The molecule has 1 heterocycles. The molecule has 0 saturated carbocycles. The van der Waals surface area contributed by atoms with Crippen LogP contribution < -0.4 is 4.74 Å². The van der Waals surface area contributed by atoms with Crippen LogP contribution in [0.5, 0.6) is 5.75 Å². The van der Waals surface area contributed by atoms with Gasteiger partial charge in [0.1, 0.15) is 5.75 Å². The standard InChI is InChI=1S/C23H24N2O2/c1-15(13-16(2)26)25-23(17-7-5-4-6-8-17)21-11-9-18-14-19(27-3)10-12-20(18)22(21)24-25/h4-8,10,12-14,21,23H,9,11H2,1-3H3/b15-13+. The van der Waals surface area contributed by atoms with Crippen molar-refractivity contribution in [3.05, 3.63) is 77.0 Å². The van der Waals surface area contributed by atoms with Crippen molar-refractivity contribution in [3.63, 3.8) is 0 Å². The number of rotatable bonds is 4. The van der Waals surface area contributed by atoms with Gasteiger partial charge in [-0.15, -0.1) is 0 Å². The Hall–Kier alpha value is -2.88. The van der Waals surface area contributed by atoms with Gasteiger partial charge in [0.15, 0.2) is 5.78 Å². The van der Waals surface area contributed by atoms with Gasteiger partial charge in [0.2, 0.25) is 0 Å². The van der Waals surface area contributed by atoms with E-state index < -0.39 is 0 Å². The van der Waals surface area contributed by atoms with Crippen LogP contribution in [-0.2, 0) is 11.2 Å². The van der Waals surface area contributed by atoms with Crippen LogP contribution in [0.4, 0.5) is 0 Å². The molecule has 2 unspecified atom stereocenters. The lowest BCUT2D eigenvalue weighted by molar-refractivity contribution is -0.112. The van der Waals surface area contributed by atoms with E-state index in [1.807, 2.05) is 24.1 Å². The third-order valence-electron chi connectivity index (χ3n) is 5.44. The second-order valence-corrected chi connectivity index (χ2v) is 7.25. The van der Waals surface area contributed by atoms with Gasteiger partial charge in [-0.3, -0.25) is 9.80 Å². The van der Waals surface area contributed by atoms with Crippen LogP contribution >= 0.6 is 0 Å². The Kier molecular flexibility index (Phi) is 4.56. The molecule has 2 aromatic rings. The number of nitrogens with zero attached hydrogens (tertiary/aromatic N) is 2. The van der Waals surface area contributed by atoms with Crippen molar-refractivity contribution in [2.75, 3.05) is 7.11 Å². The predicted octanol–water partition coefficient (Wildman–Crippen LogP) is 4.51. The number of hydrazone groups is 1. The quantitative estimate of drug-likeness (QED) is 0.753. The van der Waals surface area contributed by atoms with Crippen molar-refractivity contribution in [3.8, 4) is 5.75 Å². The molecule has 0 spiro atoms. The second-order valence-electron chi connectivity index (χ2n) is 7.25. The maximum atomic E-state index is 11.7. The molecule has 0 amide bonds. The fourth-order valence-electron chi connectivity index (χ4n) is 4.27. The topological polar surface area (TPSA) is 41.9 Å². The molecule has 2 atom stereocenters. The Morgan fingerprint density at radius 1 is 1.19 bits per heavy atom. The maximum Gasteiger partial charge on any atom is 0.154 e. The van der Waals surface area contributed by atoms with Gasteiger partial charge >= 0.3 is 0 Å². The van der Waals surface area contributed by atoms with Crippen LogP contribution in [0.2, 0.25) is 0 Å². The van der Waals surface area contributed by atoms with Gasteiger partial charge in [-0.1, -0.05) is 30.3 Å². The van der Waals surface area contributed by atoms with Crippen LogP contribution in [-0.4, -0.2) is 23.6 Å². The summed E-state index contributed by atoms with van der Waals surface area (Å²) in [6.45, 7) is 3.55. The first-order valence-electron chi connectivity index (χ1n) is 9.37. The molecule has 0 radical (unpaired) electrons. The molecule has 138 valence electrons. The van der Waals surface area contributed by atoms with E-state index in [1.165, 1.54) is 16.7 Å². The molecule has 4 heteroatoms. The maximum absolute atomic E-state index is 11.7. The number of fused-ring (bicyclic) bond motifs is 3. The minimum atomic E-state index is 0.0412. The molecule has 1 aliphatic carbocycles. The molecule has 2 aromatic carbocycles. The Morgan fingerprint density at radius 3 is 2.67 bits per heavy atom. The van der Waals surface area contributed by atoms with Crippen molar-refractivity contribution >= 4 is 11.5 Å². The van der Waals surface area contributed by atoms with Crippen molar-refractivity contribution in [2.24, 2.45) is 11.0 Å². The van der Waals surface area contributed by atoms with Gasteiger partial charge in [-0.05, 0) is 56.0 Å². The molecule has 1 aliphatic heterocycles. The highest BCUT2D eigenvalue weighted by Gasteiger charge is 2.42. The van der Waals surface area contributed by atoms with E-state index in [2.05, 4.69) is 36.4 Å². The second kappa shape index (κ2) is 7.03. The summed E-state index contributed by atoms with van der Waals surface area (Å²) < 4.78 is 5.39. The molecule has 4 nitrogen and oxygen atoms in total. The van der Waals surface area contributed by atoms with E-state index >= 15 is 0 Å². The summed E-state index contributed by atoms with van der Waals surface area (Å²) in [5, 5.41) is 7.04. The summed E-state index contributed by atoms with van der Waals surface area (Å²) in [5.41, 5.74) is 5.71. The molecule has 27 heavy (non-hydrogen) atoms. The molecule has 4 rings (SSSR count). The lowest BCUT2D eigenvalue weighted by Crippen LogP contribution is -2.28. The molecule has 0 fully saturated rings. The summed E-state index contributed by atoms with van der Waals surface area (Å²) in [5.74, 6) is 1.23. The monoisotopic (exact) mass is 360 g/mol. The van der Waals surface area contributed by atoms with Gasteiger partial charge in [0.05, 0.1) is 18.9 Å². The molecule has 0 aromatic heterocycles. The average molecular weight is 360 g/mol. The zero-order valence-corrected chi connectivity index (χ0v) is 16.0. The highest BCUT2D eigenvalue weighted by Crippen LogP contribution is 2.45. The fourth-order valence-corrected chi connectivity index (χ4v) is 4.27. The number of allylic oxidation sites excluding steroid dienone is 2. The number of ether oxygens (including phenoxy) is 1. The Labute approximate surface area is 160 Å². The first-order valence-corrected chi connectivity index (χ1v) is 9.37. The van der Waals surface area contributed by atoms with Crippen molar-refractivity contribution in [1.29, 1.82) is 0 Å². The average Bonchev–Trinajstić information content (AvgIpc) is 3.07. The van der Waals surface area contributed by atoms with Crippen molar-refractivity contribution in [1.82, 2.24) is 5.01 Å². The Morgan fingerprint density at radius 2 is 1.96 bits per heavy atom. The molecule has 0 N–H and O–H groups in total. The number of carbonyl (C=O) groups excluding carboxylic acids is 1. The highest BCUT2D eigenvalue weighted by molar-refractivity contribution is 6.06. The first kappa shape index (κ1) is 17.5. The van der Waals surface area contributed by atoms with Crippen LogP contribution in [0.15, 0.2) is 65.4 Å². The van der Waals surface area contributed by atoms with Gasteiger partial charge in [-0.25, -0.2) is 0 Å². The van der Waals surface area contributed by atoms with E-state index in [9.17, 15) is 4.79 Å². The SMILES string of the molecule is COc1ccc2c(c1)CCC1C2=NN(/C(C)=C/C(C)=O)C1c1ccccc1. The van der Waals surface area contributed by atoms with Crippen LogP contribution in [0.25, 0.3) is 0 Å². The molecular weight excluding hydrogens is 336 g/mol. The summed E-state index contributed by atoms with van der Waals surface area (Å²) >= 11 is 0. The number of hydrogen-bond donors (Lipinski definition) is 0. The van der Waals surface area contributed by atoms with Gasteiger partial charge in [-0.2, -0.15) is 5.10 Å². The van der Waals surface area contributed by atoms with Gasteiger partial charge in [0, 0.05) is 23.3 Å². The van der Waals surface area contributed by atoms with Crippen LogP contribution in [0.1, 0.15) is 43.0 Å². The summed E-state index contributed by atoms with van der Waals surface area (Å²) in [6, 6.07) is 16.8. The van der Waals surface area contributed by atoms with Gasteiger partial charge in [0.25, 0.3) is 0 Å². The summed E-state index contributed by atoms with van der Waals surface area (Å²) in [7, 11) is 1.70. The number of methoxy groups -OCH3 is 1. The minimum absolute atomic E-state index is 0.0412. The van der Waals surface area contributed by atoms with E-state index in [4.69, 9.17) is 9.84 Å². The number of aryl methyl sites for hydroxylation is 1.